The first kappa shape index (κ1) is 22.4. The van der Waals surface area contributed by atoms with Crippen LogP contribution >= 0.6 is 0 Å². The maximum absolute atomic E-state index is 11.6. The standard InChI is InChI=1S/C19H26O8/c1-11(2)18(25-13(4)21)19(26-14(5)22)16(24-12(3)20)10-9-15-7-6-8-17(23)27-15/h6,8-11,15-16,18-19H,7H2,1-5H3/b10-9+/t15-,16-,18+,19+/m1/s1. The highest BCUT2D eigenvalue weighted by molar-refractivity contribution is 5.82. The molecule has 1 rings (SSSR count). The molecule has 8 heteroatoms. The van der Waals surface area contributed by atoms with E-state index < -0.39 is 48.3 Å². The Labute approximate surface area is 158 Å². The van der Waals surface area contributed by atoms with Gasteiger partial charge in [0.25, 0.3) is 0 Å². The summed E-state index contributed by atoms with van der Waals surface area (Å²) in [6.45, 7) is 7.23. The molecule has 0 N–H and O–H groups in total. The Morgan fingerprint density at radius 2 is 1.59 bits per heavy atom. The van der Waals surface area contributed by atoms with Crippen LogP contribution in [0.25, 0.3) is 0 Å². The van der Waals surface area contributed by atoms with Crippen molar-refractivity contribution < 1.29 is 38.1 Å². The van der Waals surface area contributed by atoms with Crippen LogP contribution in [0.4, 0.5) is 0 Å². The van der Waals surface area contributed by atoms with E-state index in [2.05, 4.69) is 0 Å². The van der Waals surface area contributed by atoms with Gasteiger partial charge >= 0.3 is 23.9 Å². The fourth-order valence-corrected chi connectivity index (χ4v) is 2.58. The first-order chi connectivity index (χ1) is 12.6. The summed E-state index contributed by atoms with van der Waals surface area (Å²) in [6, 6.07) is 0. The normalized spacial score (nSPS) is 19.9. The van der Waals surface area contributed by atoms with Crippen molar-refractivity contribution >= 4 is 23.9 Å². The van der Waals surface area contributed by atoms with E-state index in [-0.39, 0.29) is 5.92 Å². The van der Waals surface area contributed by atoms with Crippen LogP contribution in [-0.2, 0) is 38.1 Å². The van der Waals surface area contributed by atoms with E-state index in [9.17, 15) is 19.2 Å². The van der Waals surface area contributed by atoms with Gasteiger partial charge in [0.05, 0.1) is 0 Å². The zero-order valence-electron chi connectivity index (χ0n) is 16.2. The van der Waals surface area contributed by atoms with Gasteiger partial charge in [-0.25, -0.2) is 4.79 Å². The summed E-state index contributed by atoms with van der Waals surface area (Å²) >= 11 is 0. The van der Waals surface area contributed by atoms with Gasteiger partial charge in [-0.2, -0.15) is 0 Å². The zero-order chi connectivity index (χ0) is 20.6. The Morgan fingerprint density at radius 3 is 2.07 bits per heavy atom. The van der Waals surface area contributed by atoms with Crippen molar-refractivity contribution in [1.82, 2.24) is 0 Å². The molecular weight excluding hydrogens is 356 g/mol. The number of hydrogen-bond acceptors (Lipinski definition) is 8. The molecule has 0 saturated carbocycles. The Hall–Kier alpha value is -2.64. The SMILES string of the molecule is CC(=O)O[C@@H]([C@@H](/C=C/[C@H]1CC=CC(=O)O1)OC(C)=O)[C@@H](OC(C)=O)C(C)C. The van der Waals surface area contributed by atoms with Crippen molar-refractivity contribution in [1.29, 1.82) is 0 Å². The number of carbonyl (C=O) groups excluding carboxylic acids is 4. The molecule has 1 aliphatic heterocycles. The summed E-state index contributed by atoms with van der Waals surface area (Å²) in [7, 11) is 0. The molecule has 0 aliphatic carbocycles. The number of ether oxygens (including phenoxy) is 4. The highest BCUT2D eigenvalue weighted by Gasteiger charge is 2.37. The van der Waals surface area contributed by atoms with Gasteiger partial charge in [-0.15, -0.1) is 0 Å². The molecule has 0 aromatic rings. The molecule has 0 aromatic carbocycles. The lowest BCUT2D eigenvalue weighted by Crippen LogP contribution is -2.46. The third kappa shape index (κ3) is 8.06. The number of esters is 4. The molecule has 0 radical (unpaired) electrons. The van der Waals surface area contributed by atoms with E-state index in [0.717, 1.165) is 0 Å². The van der Waals surface area contributed by atoms with E-state index in [0.29, 0.717) is 6.42 Å². The molecule has 1 aliphatic rings. The molecule has 0 amide bonds. The Balaban J connectivity index is 3.14. The summed E-state index contributed by atoms with van der Waals surface area (Å²) < 4.78 is 21.1. The van der Waals surface area contributed by atoms with Gasteiger partial charge in [-0.1, -0.05) is 19.9 Å². The minimum Gasteiger partial charge on any atom is -0.458 e. The van der Waals surface area contributed by atoms with Crippen LogP contribution in [0.1, 0.15) is 41.0 Å². The van der Waals surface area contributed by atoms with E-state index >= 15 is 0 Å². The molecule has 1 heterocycles. The largest absolute Gasteiger partial charge is 0.458 e. The third-order valence-corrected chi connectivity index (χ3v) is 3.62. The van der Waals surface area contributed by atoms with Gasteiger partial charge in [0.1, 0.15) is 12.2 Å². The Kier molecular flexibility index (Phi) is 8.71. The van der Waals surface area contributed by atoms with E-state index in [1.165, 1.54) is 32.9 Å². The van der Waals surface area contributed by atoms with Crippen LogP contribution in [0.5, 0.6) is 0 Å². The lowest BCUT2D eigenvalue weighted by atomic mass is 9.96. The Bertz CT molecular complexity index is 619. The molecule has 150 valence electrons. The third-order valence-electron chi connectivity index (χ3n) is 3.62. The first-order valence-electron chi connectivity index (χ1n) is 8.67. The van der Waals surface area contributed by atoms with Gasteiger partial charge in [-0.05, 0) is 18.1 Å². The van der Waals surface area contributed by atoms with Gasteiger partial charge in [-0.3, -0.25) is 14.4 Å². The van der Waals surface area contributed by atoms with Crippen molar-refractivity contribution in [3.63, 3.8) is 0 Å². The van der Waals surface area contributed by atoms with Crippen LogP contribution in [-0.4, -0.2) is 48.3 Å². The molecule has 0 aromatic heterocycles. The summed E-state index contributed by atoms with van der Waals surface area (Å²) in [6.07, 6.45) is 3.03. The van der Waals surface area contributed by atoms with Crippen LogP contribution in [0, 0.1) is 5.92 Å². The lowest BCUT2D eigenvalue weighted by molar-refractivity contribution is -0.182. The molecule has 0 spiro atoms. The summed E-state index contributed by atoms with van der Waals surface area (Å²) in [5.74, 6) is -2.47. The topological polar surface area (TPSA) is 105 Å². The molecule has 27 heavy (non-hydrogen) atoms. The summed E-state index contributed by atoms with van der Waals surface area (Å²) in [4.78, 5) is 46.0. The summed E-state index contributed by atoms with van der Waals surface area (Å²) in [5.41, 5.74) is 0. The first-order valence-corrected chi connectivity index (χ1v) is 8.67. The average Bonchev–Trinajstić information content (AvgIpc) is 2.54. The highest BCUT2D eigenvalue weighted by Crippen LogP contribution is 2.22. The summed E-state index contributed by atoms with van der Waals surface area (Å²) in [5, 5.41) is 0. The molecule has 8 nitrogen and oxygen atoms in total. The number of hydrogen-bond donors (Lipinski definition) is 0. The quantitative estimate of drug-likeness (QED) is 0.356. The molecule has 4 atom stereocenters. The van der Waals surface area contributed by atoms with Gasteiger partial charge < -0.3 is 18.9 Å². The van der Waals surface area contributed by atoms with Gasteiger partial charge in [0, 0.05) is 33.3 Å². The van der Waals surface area contributed by atoms with Crippen LogP contribution in [0.2, 0.25) is 0 Å². The predicted molar refractivity (Wildman–Crippen MR) is 94.3 cm³/mol. The molecular formula is C19H26O8. The van der Waals surface area contributed by atoms with Gasteiger partial charge in [0.2, 0.25) is 0 Å². The fraction of sp³-hybridized carbons (Fsp3) is 0.579. The smallest absolute Gasteiger partial charge is 0.331 e. The minimum absolute atomic E-state index is 0.222. The Morgan fingerprint density at radius 1 is 1.04 bits per heavy atom. The maximum atomic E-state index is 11.6. The average molecular weight is 382 g/mol. The van der Waals surface area contributed by atoms with Crippen molar-refractivity contribution in [2.75, 3.05) is 0 Å². The van der Waals surface area contributed by atoms with Crippen molar-refractivity contribution in [2.45, 2.75) is 65.5 Å². The molecule has 0 unspecified atom stereocenters. The zero-order valence-corrected chi connectivity index (χ0v) is 16.2. The van der Waals surface area contributed by atoms with E-state index in [1.807, 2.05) is 0 Å². The lowest BCUT2D eigenvalue weighted by Gasteiger charge is -2.33. The fourth-order valence-electron chi connectivity index (χ4n) is 2.58. The second-order valence-corrected chi connectivity index (χ2v) is 6.46. The monoisotopic (exact) mass is 382 g/mol. The number of carbonyl (C=O) groups is 4. The molecule has 0 bridgehead atoms. The van der Waals surface area contributed by atoms with Crippen molar-refractivity contribution in [2.24, 2.45) is 5.92 Å². The van der Waals surface area contributed by atoms with Crippen molar-refractivity contribution in [3.05, 3.63) is 24.3 Å². The molecule has 0 fully saturated rings. The van der Waals surface area contributed by atoms with E-state index in [4.69, 9.17) is 18.9 Å². The minimum atomic E-state index is -1.05. The van der Waals surface area contributed by atoms with Crippen LogP contribution in [0.15, 0.2) is 24.3 Å². The second-order valence-electron chi connectivity index (χ2n) is 6.46. The maximum Gasteiger partial charge on any atom is 0.331 e. The number of cyclic esters (lactones) is 1. The predicted octanol–water partition coefficient (Wildman–Crippen LogP) is 1.87. The molecule has 0 saturated heterocycles. The van der Waals surface area contributed by atoms with E-state index in [1.54, 1.807) is 26.0 Å². The van der Waals surface area contributed by atoms with Crippen molar-refractivity contribution in [3.8, 4) is 0 Å². The highest BCUT2D eigenvalue weighted by atomic mass is 16.6. The second kappa shape index (κ2) is 10.5. The van der Waals surface area contributed by atoms with Crippen LogP contribution < -0.4 is 0 Å². The van der Waals surface area contributed by atoms with Crippen LogP contribution in [0.3, 0.4) is 0 Å². The number of rotatable bonds is 8. The van der Waals surface area contributed by atoms with Gasteiger partial charge in [0.15, 0.2) is 12.2 Å².